The van der Waals surface area contributed by atoms with Crippen LogP contribution >= 0.6 is 11.6 Å². The molecule has 1 unspecified atom stereocenters. The predicted molar refractivity (Wildman–Crippen MR) is 41.3 cm³/mol. The molecule has 1 atom stereocenters. The molecule has 0 fully saturated rings. The van der Waals surface area contributed by atoms with Crippen LogP contribution in [0.5, 0.6) is 0 Å². The molecule has 0 saturated carbocycles. The van der Waals surface area contributed by atoms with E-state index in [0.717, 1.165) is 4.68 Å². The summed E-state index contributed by atoms with van der Waals surface area (Å²) in [6.45, 7) is 1.88. The molecule has 0 spiro atoms. The first-order valence-electron chi connectivity index (χ1n) is 3.57. The van der Waals surface area contributed by atoms with Crippen molar-refractivity contribution in [1.29, 1.82) is 0 Å². The lowest BCUT2D eigenvalue weighted by Gasteiger charge is -2.05. The van der Waals surface area contributed by atoms with Gasteiger partial charge < -0.3 is 5.11 Å². The van der Waals surface area contributed by atoms with E-state index in [1.807, 2.05) is 0 Å². The van der Waals surface area contributed by atoms with Crippen LogP contribution in [-0.4, -0.2) is 26.0 Å². The van der Waals surface area contributed by atoms with Crippen molar-refractivity contribution in [2.24, 2.45) is 0 Å². The second-order valence-electron chi connectivity index (χ2n) is 2.39. The Labute approximate surface area is 74.0 Å². The zero-order chi connectivity index (χ0) is 9.14. The minimum atomic E-state index is -0.771. The van der Waals surface area contributed by atoms with Crippen LogP contribution < -0.4 is 0 Å². The van der Waals surface area contributed by atoms with E-state index < -0.39 is 12.2 Å². The highest BCUT2D eigenvalue weighted by molar-refractivity contribution is 6.28. The molecule has 4 nitrogen and oxygen atoms in total. The van der Waals surface area contributed by atoms with E-state index in [4.69, 9.17) is 16.7 Å². The number of halogens is 2. The van der Waals surface area contributed by atoms with Gasteiger partial charge in [0.2, 0.25) is 5.28 Å². The normalized spacial score (nSPS) is 13.3. The highest BCUT2D eigenvalue weighted by Gasteiger charge is 2.10. The number of aliphatic hydroxyl groups excluding tert-OH is 1. The van der Waals surface area contributed by atoms with Crippen molar-refractivity contribution >= 4 is 11.6 Å². The van der Waals surface area contributed by atoms with Gasteiger partial charge in [0.15, 0.2) is 0 Å². The second kappa shape index (κ2) is 3.82. The topological polar surface area (TPSA) is 50.9 Å². The number of hydrogen-bond acceptors (Lipinski definition) is 3. The molecule has 1 heterocycles. The third-order valence-electron chi connectivity index (χ3n) is 1.46. The standard InChI is InChI=1S/C6H9ClFN3O/c1-2-4(12)3-11-6(8)9-5(7)10-11/h4,12H,2-3H2,1H3. The van der Waals surface area contributed by atoms with Crippen LogP contribution in [0, 0.1) is 6.08 Å². The molecule has 1 rings (SSSR count). The Morgan fingerprint density at radius 2 is 2.42 bits per heavy atom. The highest BCUT2D eigenvalue weighted by Crippen LogP contribution is 2.04. The SMILES string of the molecule is CCC(O)Cn1nc(Cl)nc1F. The summed E-state index contributed by atoms with van der Waals surface area (Å²) in [6.07, 6.45) is -0.846. The van der Waals surface area contributed by atoms with Crippen LogP contribution in [0.2, 0.25) is 5.28 Å². The van der Waals surface area contributed by atoms with E-state index >= 15 is 0 Å². The van der Waals surface area contributed by atoms with Crippen LogP contribution in [0.15, 0.2) is 0 Å². The predicted octanol–water partition coefficient (Wildman–Crippen LogP) is 0.841. The third-order valence-corrected chi connectivity index (χ3v) is 1.62. The molecule has 0 bridgehead atoms. The monoisotopic (exact) mass is 193 g/mol. The van der Waals surface area contributed by atoms with Gasteiger partial charge in [-0.1, -0.05) is 6.92 Å². The second-order valence-corrected chi connectivity index (χ2v) is 2.73. The Kier molecular flexibility index (Phi) is 2.99. The lowest BCUT2D eigenvalue weighted by molar-refractivity contribution is 0.139. The maximum Gasteiger partial charge on any atom is 0.308 e. The molecule has 1 aromatic rings. The van der Waals surface area contributed by atoms with Crippen LogP contribution in [0.1, 0.15) is 13.3 Å². The summed E-state index contributed by atoms with van der Waals surface area (Å²) in [7, 11) is 0. The van der Waals surface area contributed by atoms with E-state index in [2.05, 4.69) is 10.1 Å². The van der Waals surface area contributed by atoms with Crippen molar-refractivity contribution in [2.75, 3.05) is 0 Å². The molecule has 68 valence electrons. The van der Waals surface area contributed by atoms with E-state index in [-0.39, 0.29) is 11.8 Å². The first-order valence-corrected chi connectivity index (χ1v) is 3.95. The van der Waals surface area contributed by atoms with Crippen molar-refractivity contribution in [2.45, 2.75) is 26.0 Å². The Morgan fingerprint density at radius 3 is 2.83 bits per heavy atom. The summed E-state index contributed by atoms with van der Waals surface area (Å²) in [6, 6.07) is 0. The summed E-state index contributed by atoms with van der Waals surface area (Å²) in [5.41, 5.74) is 0. The lowest BCUT2D eigenvalue weighted by atomic mass is 10.3. The van der Waals surface area contributed by atoms with Crippen molar-refractivity contribution in [3.05, 3.63) is 11.4 Å². The summed E-state index contributed by atoms with van der Waals surface area (Å²) in [5.74, 6) is 0. The quantitative estimate of drug-likeness (QED) is 0.774. The van der Waals surface area contributed by atoms with Gasteiger partial charge in [-0.05, 0) is 18.0 Å². The van der Waals surface area contributed by atoms with Crippen LogP contribution in [0.3, 0.4) is 0 Å². The van der Waals surface area contributed by atoms with Gasteiger partial charge in [-0.2, -0.15) is 9.37 Å². The van der Waals surface area contributed by atoms with Gasteiger partial charge >= 0.3 is 6.08 Å². The Morgan fingerprint density at radius 1 is 1.75 bits per heavy atom. The minimum Gasteiger partial charge on any atom is -0.391 e. The summed E-state index contributed by atoms with van der Waals surface area (Å²) in [5, 5.41) is 12.5. The van der Waals surface area contributed by atoms with Gasteiger partial charge in [0.25, 0.3) is 0 Å². The molecular weight excluding hydrogens is 185 g/mol. The third kappa shape index (κ3) is 2.15. The minimum absolute atomic E-state index is 0.0854. The number of aliphatic hydroxyl groups is 1. The lowest BCUT2D eigenvalue weighted by Crippen LogP contribution is -2.17. The molecule has 0 aliphatic heterocycles. The summed E-state index contributed by atoms with van der Waals surface area (Å²) in [4.78, 5) is 3.24. The molecule has 1 aromatic heterocycles. The Bertz CT molecular complexity index is 265. The molecule has 0 amide bonds. The van der Waals surface area contributed by atoms with Gasteiger partial charge in [-0.15, -0.1) is 5.10 Å². The summed E-state index contributed by atoms with van der Waals surface area (Å²) < 4.78 is 13.6. The van der Waals surface area contributed by atoms with Gasteiger partial charge in [0.05, 0.1) is 12.6 Å². The molecule has 0 aliphatic carbocycles. The number of rotatable bonds is 3. The first kappa shape index (κ1) is 9.41. The fraction of sp³-hybridized carbons (Fsp3) is 0.667. The molecule has 0 radical (unpaired) electrons. The molecule has 0 aromatic carbocycles. The Hall–Kier alpha value is -0.680. The first-order chi connectivity index (χ1) is 5.63. The highest BCUT2D eigenvalue weighted by atomic mass is 35.5. The zero-order valence-electron chi connectivity index (χ0n) is 6.54. The maximum absolute atomic E-state index is 12.7. The zero-order valence-corrected chi connectivity index (χ0v) is 7.29. The smallest absolute Gasteiger partial charge is 0.308 e. The van der Waals surface area contributed by atoms with E-state index in [1.54, 1.807) is 6.92 Å². The number of nitrogens with zero attached hydrogens (tertiary/aromatic N) is 3. The molecule has 0 saturated heterocycles. The molecule has 0 aliphatic rings. The molecular formula is C6H9ClFN3O. The average molecular weight is 194 g/mol. The van der Waals surface area contributed by atoms with Gasteiger partial charge in [0.1, 0.15) is 0 Å². The maximum atomic E-state index is 12.7. The van der Waals surface area contributed by atoms with Crippen molar-refractivity contribution < 1.29 is 9.50 Å². The molecule has 12 heavy (non-hydrogen) atoms. The molecule has 1 N–H and O–H groups in total. The summed E-state index contributed by atoms with van der Waals surface area (Å²) >= 11 is 5.33. The molecule has 6 heteroatoms. The Balaban J connectivity index is 2.68. The number of hydrogen-bond donors (Lipinski definition) is 1. The van der Waals surface area contributed by atoms with Gasteiger partial charge in [-0.3, -0.25) is 0 Å². The largest absolute Gasteiger partial charge is 0.391 e. The van der Waals surface area contributed by atoms with Crippen molar-refractivity contribution in [3.63, 3.8) is 0 Å². The fourth-order valence-electron chi connectivity index (χ4n) is 0.742. The van der Waals surface area contributed by atoms with E-state index in [1.165, 1.54) is 0 Å². The number of aromatic nitrogens is 3. The van der Waals surface area contributed by atoms with Crippen LogP contribution in [0.25, 0.3) is 0 Å². The fourth-order valence-corrected chi connectivity index (χ4v) is 0.903. The average Bonchev–Trinajstić information content (AvgIpc) is 2.30. The van der Waals surface area contributed by atoms with E-state index in [0.29, 0.717) is 6.42 Å². The van der Waals surface area contributed by atoms with Crippen LogP contribution in [-0.2, 0) is 6.54 Å². The van der Waals surface area contributed by atoms with Gasteiger partial charge in [-0.25, -0.2) is 4.68 Å². The van der Waals surface area contributed by atoms with Crippen LogP contribution in [0.4, 0.5) is 4.39 Å². The van der Waals surface area contributed by atoms with Crippen molar-refractivity contribution in [3.8, 4) is 0 Å². The van der Waals surface area contributed by atoms with Gasteiger partial charge in [0, 0.05) is 0 Å². The van der Waals surface area contributed by atoms with Crippen molar-refractivity contribution in [1.82, 2.24) is 14.8 Å². The van der Waals surface area contributed by atoms with E-state index in [9.17, 15) is 4.39 Å².